The lowest BCUT2D eigenvalue weighted by atomic mass is 9.89. The molecule has 0 bridgehead atoms. The summed E-state index contributed by atoms with van der Waals surface area (Å²) in [5.74, 6) is 1.46. The quantitative estimate of drug-likeness (QED) is 0.882. The van der Waals surface area contributed by atoms with Crippen molar-refractivity contribution in [1.29, 1.82) is 0 Å². The van der Waals surface area contributed by atoms with Gasteiger partial charge in [-0.3, -0.25) is 9.59 Å². The summed E-state index contributed by atoms with van der Waals surface area (Å²) in [7, 11) is 0. The largest absolute Gasteiger partial charge is 0.353 e. The molecule has 1 aromatic carbocycles. The molecule has 146 valence electrons. The van der Waals surface area contributed by atoms with E-state index in [-0.39, 0.29) is 17.7 Å². The highest BCUT2D eigenvalue weighted by Crippen LogP contribution is 2.29. The summed E-state index contributed by atoms with van der Waals surface area (Å²) >= 11 is 0. The van der Waals surface area contributed by atoms with E-state index < -0.39 is 0 Å². The molecule has 0 saturated carbocycles. The first kappa shape index (κ1) is 18.4. The molecule has 2 amide bonds. The molecule has 7 heteroatoms. The second-order valence-corrected chi connectivity index (χ2v) is 7.58. The number of anilines is 2. The number of benzene rings is 1. The Balaban J connectivity index is 1.27. The highest BCUT2D eigenvalue weighted by atomic mass is 16.2. The van der Waals surface area contributed by atoms with E-state index in [0.717, 1.165) is 37.4 Å². The number of hydrogen-bond acceptors (Lipinski definition) is 5. The van der Waals surface area contributed by atoms with E-state index in [1.54, 1.807) is 13.1 Å². The highest BCUT2D eigenvalue weighted by molar-refractivity contribution is 5.94. The van der Waals surface area contributed by atoms with Crippen LogP contribution in [0.5, 0.6) is 0 Å². The zero-order chi connectivity index (χ0) is 19.5. The van der Waals surface area contributed by atoms with Gasteiger partial charge < -0.3 is 15.1 Å². The number of amides is 2. The number of carbonyl (C=O) groups excluding carboxylic acids is 2. The number of nitrogens with one attached hydrogen (secondary N) is 1. The van der Waals surface area contributed by atoms with Gasteiger partial charge in [0.05, 0.1) is 5.92 Å². The fourth-order valence-electron chi connectivity index (χ4n) is 3.90. The lowest BCUT2D eigenvalue weighted by molar-refractivity contribution is -0.129. The summed E-state index contributed by atoms with van der Waals surface area (Å²) in [4.78, 5) is 27.9. The van der Waals surface area contributed by atoms with E-state index in [9.17, 15) is 9.59 Å². The normalized spacial score (nSPS) is 17.9. The summed E-state index contributed by atoms with van der Waals surface area (Å²) in [5, 5.41) is 11.0. The molecule has 2 aliphatic rings. The van der Waals surface area contributed by atoms with Gasteiger partial charge in [0.15, 0.2) is 5.82 Å². The van der Waals surface area contributed by atoms with Crippen LogP contribution in [0.25, 0.3) is 0 Å². The van der Waals surface area contributed by atoms with Crippen LogP contribution in [0.2, 0.25) is 0 Å². The van der Waals surface area contributed by atoms with Gasteiger partial charge in [-0.2, -0.15) is 5.10 Å². The Morgan fingerprint density at radius 2 is 1.79 bits per heavy atom. The Morgan fingerprint density at radius 3 is 2.39 bits per heavy atom. The number of rotatable bonds is 4. The molecule has 0 radical (unpaired) electrons. The standard InChI is InChI=1S/C21H25N5O2/c1-15(27)25-11-8-17(9-12-25)16-4-6-19(7-5-16)23-21(28)18-13-26(14-18)20-3-2-10-22-24-20/h2-7,10,17-18H,8-9,11-14H2,1H3,(H,23,28). The lowest BCUT2D eigenvalue weighted by Crippen LogP contribution is -2.52. The van der Waals surface area contributed by atoms with Crippen LogP contribution in [-0.2, 0) is 9.59 Å². The number of aromatic nitrogens is 2. The number of nitrogens with zero attached hydrogens (tertiary/aromatic N) is 4. The van der Waals surface area contributed by atoms with Gasteiger partial charge in [0, 0.05) is 45.0 Å². The van der Waals surface area contributed by atoms with Crippen LogP contribution < -0.4 is 10.2 Å². The van der Waals surface area contributed by atoms with Crippen molar-refractivity contribution in [2.45, 2.75) is 25.7 Å². The van der Waals surface area contributed by atoms with Gasteiger partial charge in [-0.05, 0) is 48.6 Å². The van der Waals surface area contributed by atoms with Crippen molar-refractivity contribution >= 4 is 23.3 Å². The van der Waals surface area contributed by atoms with E-state index in [1.807, 2.05) is 34.1 Å². The van der Waals surface area contributed by atoms with Gasteiger partial charge in [0.25, 0.3) is 0 Å². The maximum atomic E-state index is 12.4. The van der Waals surface area contributed by atoms with Crippen LogP contribution in [0.4, 0.5) is 11.5 Å². The minimum atomic E-state index is -0.0300. The van der Waals surface area contributed by atoms with E-state index in [1.165, 1.54) is 5.56 Å². The first-order chi connectivity index (χ1) is 13.6. The summed E-state index contributed by atoms with van der Waals surface area (Å²) in [6.07, 6.45) is 3.63. The molecule has 3 heterocycles. The smallest absolute Gasteiger partial charge is 0.231 e. The van der Waals surface area contributed by atoms with E-state index in [0.29, 0.717) is 19.0 Å². The molecule has 2 fully saturated rings. The van der Waals surface area contributed by atoms with Crippen molar-refractivity contribution in [3.8, 4) is 0 Å². The molecule has 28 heavy (non-hydrogen) atoms. The Kier molecular flexibility index (Phi) is 5.23. The number of carbonyl (C=O) groups is 2. The maximum Gasteiger partial charge on any atom is 0.231 e. The first-order valence-electron chi connectivity index (χ1n) is 9.79. The minimum absolute atomic E-state index is 0.0300. The van der Waals surface area contributed by atoms with E-state index in [2.05, 4.69) is 27.6 Å². The van der Waals surface area contributed by atoms with E-state index >= 15 is 0 Å². The van der Waals surface area contributed by atoms with Gasteiger partial charge in [-0.25, -0.2) is 0 Å². The minimum Gasteiger partial charge on any atom is -0.353 e. The number of piperidine rings is 1. The molecule has 4 rings (SSSR count). The monoisotopic (exact) mass is 379 g/mol. The average molecular weight is 379 g/mol. The molecule has 1 N–H and O–H groups in total. The van der Waals surface area contributed by atoms with Gasteiger partial charge in [-0.1, -0.05) is 12.1 Å². The Bertz CT molecular complexity index is 826. The first-order valence-corrected chi connectivity index (χ1v) is 9.79. The predicted octanol–water partition coefficient (Wildman–Crippen LogP) is 2.28. The molecule has 2 saturated heterocycles. The molecule has 2 aliphatic heterocycles. The summed E-state index contributed by atoms with van der Waals surface area (Å²) in [5.41, 5.74) is 2.10. The predicted molar refractivity (Wildman–Crippen MR) is 107 cm³/mol. The van der Waals surface area contributed by atoms with Crippen LogP contribution in [-0.4, -0.2) is 53.1 Å². The van der Waals surface area contributed by atoms with Gasteiger partial charge in [0.2, 0.25) is 11.8 Å². The van der Waals surface area contributed by atoms with Crippen LogP contribution in [0.15, 0.2) is 42.6 Å². The van der Waals surface area contributed by atoms with Crippen LogP contribution in [0, 0.1) is 5.92 Å². The second kappa shape index (κ2) is 7.96. The number of likely N-dealkylation sites (tertiary alicyclic amines) is 1. The number of hydrogen-bond donors (Lipinski definition) is 1. The third kappa shape index (κ3) is 3.98. The molecule has 1 aromatic heterocycles. The Labute approximate surface area is 164 Å². The molecule has 7 nitrogen and oxygen atoms in total. The molecule has 0 atom stereocenters. The summed E-state index contributed by atoms with van der Waals surface area (Å²) < 4.78 is 0. The van der Waals surface area contributed by atoms with Gasteiger partial charge >= 0.3 is 0 Å². The SMILES string of the molecule is CC(=O)N1CCC(c2ccc(NC(=O)C3CN(c4cccnn4)C3)cc2)CC1. The zero-order valence-electron chi connectivity index (χ0n) is 16.0. The molecular formula is C21H25N5O2. The van der Waals surface area contributed by atoms with Crippen molar-refractivity contribution in [3.63, 3.8) is 0 Å². The third-order valence-corrected chi connectivity index (χ3v) is 5.72. The Morgan fingerprint density at radius 1 is 1.07 bits per heavy atom. The highest BCUT2D eigenvalue weighted by Gasteiger charge is 2.33. The van der Waals surface area contributed by atoms with Gasteiger partial charge in [-0.15, -0.1) is 5.10 Å². The molecule has 0 unspecified atom stereocenters. The topological polar surface area (TPSA) is 78.4 Å². The fourth-order valence-corrected chi connectivity index (χ4v) is 3.90. The summed E-state index contributed by atoms with van der Waals surface area (Å²) in [6.45, 7) is 4.60. The molecule has 0 aliphatic carbocycles. The van der Waals surface area contributed by atoms with Crippen LogP contribution in [0.3, 0.4) is 0 Å². The average Bonchev–Trinajstić information content (AvgIpc) is 2.68. The molecular weight excluding hydrogens is 354 g/mol. The van der Waals surface area contributed by atoms with Gasteiger partial charge in [0.1, 0.15) is 0 Å². The molecule has 0 spiro atoms. The van der Waals surface area contributed by atoms with E-state index in [4.69, 9.17) is 0 Å². The summed E-state index contributed by atoms with van der Waals surface area (Å²) in [6, 6.07) is 11.9. The lowest BCUT2D eigenvalue weighted by Gasteiger charge is -2.38. The van der Waals surface area contributed by atoms with Crippen molar-refractivity contribution in [1.82, 2.24) is 15.1 Å². The van der Waals surface area contributed by atoms with Crippen molar-refractivity contribution in [3.05, 3.63) is 48.2 Å². The fraction of sp³-hybridized carbons (Fsp3) is 0.429. The van der Waals surface area contributed by atoms with Crippen molar-refractivity contribution < 1.29 is 9.59 Å². The maximum absolute atomic E-state index is 12.4. The van der Waals surface area contributed by atoms with Crippen molar-refractivity contribution in [2.24, 2.45) is 5.92 Å². The van der Waals surface area contributed by atoms with Crippen molar-refractivity contribution in [2.75, 3.05) is 36.4 Å². The third-order valence-electron chi connectivity index (χ3n) is 5.72. The Hall–Kier alpha value is -2.96. The van der Waals surface area contributed by atoms with Crippen LogP contribution in [0.1, 0.15) is 31.2 Å². The molecule has 2 aromatic rings. The second-order valence-electron chi connectivity index (χ2n) is 7.58. The van der Waals surface area contributed by atoms with Crippen LogP contribution >= 0.6 is 0 Å². The zero-order valence-corrected chi connectivity index (χ0v) is 16.0.